The van der Waals surface area contributed by atoms with Crippen LogP contribution in [0.15, 0.2) is 4.90 Å². The highest BCUT2D eigenvalue weighted by atomic mass is 35.5. The zero-order valence-corrected chi connectivity index (χ0v) is 12.8. The molecule has 19 heavy (non-hydrogen) atoms. The van der Waals surface area contributed by atoms with Crippen LogP contribution in [0.1, 0.15) is 11.4 Å². The monoisotopic (exact) mass is 306 g/mol. The summed E-state index contributed by atoms with van der Waals surface area (Å²) in [5, 5.41) is 7.41. The molecule has 1 aromatic rings. The average molecular weight is 307 g/mol. The second kappa shape index (κ2) is 4.73. The Labute approximate surface area is 119 Å². The summed E-state index contributed by atoms with van der Waals surface area (Å²) >= 11 is 0. The van der Waals surface area contributed by atoms with E-state index in [9.17, 15) is 8.42 Å². The summed E-state index contributed by atoms with van der Waals surface area (Å²) in [5.41, 5.74) is 1.25. The van der Waals surface area contributed by atoms with Crippen LogP contribution in [-0.2, 0) is 17.1 Å². The number of hydrogen-bond acceptors (Lipinski definition) is 4. The Kier molecular flexibility index (Phi) is 3.68. The van der Waals surface area contributed by atoms with E-state index >= 15 is 0 Å². The molecule has 0 radical (unpaired) electrons. The highest BCUT2D eigenvalue weighted by Gasteiger charge is 2.54. The van der Waals surface area contributed by atoms with E-state index in [4.69, 9.17) is 0 Å². The van der Waals surface area contributed by atoms with Crippen LogP contribution in [0.2, 0.25) is 0 Å². The Morgan fingerprint density at radius 3 is 2.37 bits per heavy atom. The molecule has 6 nitrogen and oxygen atoms in total. The molecular formula is C11H19ClN4O2S. The maximum absolute atomic E-state index is 12.4. The summed E-state index contributed by atoms with van der Waals surface area (Å²) in [6, 6.07) is 0.107. The number of aryl methyl sites for hydroxylation is 2. The van der Waals surface area contributed by atoms with Gasteiger partial charge in [0.15, 0.2) is 0 Å². The van der Waals surface area contributed by atoms with Gasteiger partial charge in [-0.15, -0.1) is 12.4 Å². The molecule has 2 unspecified atom stereocenters. The highest BCUT2D eigenvalue weighted by Crippen LogP contribution is 2.42. The van der Waals surface area contributed by atoms with E-state index in [-0.39, 0.29) is 18.4 Å². The van der Waals surface area contributed by atoms with E-state index in [0.717, 1.165) is 13.1 Å². The van der Waals surface area contributed by atoms with Gasteiger partial charge in [-0.05, 0) is 38.8 Å². The predicted octanol–water partition coefficient (Wildman–Crippen LogP) is -0.0452. The lowest BCUT2D eigenvalue weighted by Gasteiger charge is -2.09. The molecule has 2 aliphatic rings. The van der Waals surface area contributed by atoms with Crippen LogP contribution < -0.4 is 10.0 Å². The lowest BCUT2D eigenvalue weighted by Crippen LogP contribution is -2.33. The first-order valence-corrected chi connectivity index (χ1v) is 7.63. The summed E-state index contributed by atoms with van der Waals surface area (Å²) in [4.78, 5) is 0.336. The van der Waals surface area contributed by atoms with Crippen molar-refractivity contribution in [2.75, 3.05) is 13.1 Å². The lowest BCUT2D eigenvalue weighted by molar-refractivity contribution is 0.564. The first kappa shape index (κ1) is 14.8. The number of hydrogen-bond donors (Lipinski definition) is 2. The molecule has 1 aliphatic heterocycles. The molecule has 2 atom stereocenters. The minimum atomic E-state index is -3.44. The van der Waals surface area contributed by atoms with Gasteiger partial charge in [0.05, 0.1) is 11.4 Å². The Hall–Kier alpha value is -0.630. The van der Waals surface area contributed by atoms with Crippen LogP contribution in [0.4, 0.5) is 0 Å². The van der Waals surface area contributed by atoms with Gasteiger partial charge in [0.25, 0.3) is 0 Å². The zero-order chi connectivity index (χ0) is 13.1. The van der Waals surface area contributed by atoms with Gasteiger partial charge in [0.2, 0.25) is 10.0 Å². The van der Waals surface area contributed by atoms with Gasteiger partial charge in [-0.1, -0.05) is 0 Å². The number of fused-ring (bicyclic) bond motifs is 1. The van der Waals surface area contributed by atoms with Gasteiger partial charge in [0.1, 0.15) is 4.90 Å². The molecule has 1 saturated carbocycles. The number of rotatable bonds is 3. The third-order valence-corrected chi connectivity index (χ3v) is 5.81. The summed E-state index contributed by atoms with van der Waals surface area (Å²) < 4.78 is 29.2. The van der Waals surface area contributed by atoms with Crippen molar-refractivity contribution in [2.45, 2.75) is 24.8 Å². The van der Waals surface area contributed by atoms with Gasteiger partial charge in [0, 0.05) is 13.1 Å². The van der Waals surface area contributed by atoms with Crippen LogP contribution in [-0.4, -0.2) is 37.3 Å². The number of aromatic nitrogens is 2. The fraction of sp³-hybridized carbons (Fsp3) is 0.727. The average Bonchev–Trinajstić information content (AvgIpc) is 2.63. The predicted molar refractivity (Wildman–Crippen MR) is 73.9 cm³/mol. The van der Waals surface area contributed by atoms with E-state index in [2.05, 4.69) is 15.1 Å². The highest BCUT2D eigenvalue weighted by molar-refractivity contribution is 7.89. The van der Waals surface area contributed by atoms with Crippen molar-refractivity contribution in [3.8, 4) is 0 Å². The zero-order valence-electron chi connectivity index (χ0n) is 11.2. The molecule has 8 heteroatoms. The van der Waals surface area contributed by atoms with Crippen molar-refractivity contribution in [1.82, 2.24) is 19.8 Å². The standard InChI is InChI=1S/C11H18N4O2S.ClH/c1-6-11(7(2)15(3)13-6)18(16,17)14-10-8-4-12-5-9(8)10;/h8-10,12,14H,4-5H2,1-3H3;1H. The number of halogens is 1. The molecule has 2 N–H and O–H groups in total. The van der Waals surface area contributed by atoms with Crippen LogP contribution in [0.3, 0.4) is 0 Å². The molecule has 2 fully saturated rings. The van der Waals surface area contributed by atoms with Crippen molar-refractivity contribution < 1.29 is 8.42 Å². The number of sulfonamides is 1. The van der Waals surface area contributed by atoms with Crippen LogP contribution in [0.5, 0.6) is 0 Å². The van der Waals surface area contributed by atoms with E-state index in [0.29, 0.717) is 28.1 Å². The molecule has 3 rings (SSSR count). The molecule has 0 spiro atoms. The minimum absolute atomic E-state index is 0. The van der Waals surface area contributed by atoms with Crippen molar-refractivity contribution >= 4 is 22.4 Å². The van der Waals surface area contributed by atoms with Crippen molar-refractivity contribution in [3.63, 3.8) is 0 Å². The third kappa shape index (κ3) is 2.29. The summed E-state index contributed by atoms with van der Waals surface area (Å²) in [6.07, 6.45) is 0. The number of nitrogens with zero attached hydrogens (tertiary/aromatic N) is 2. The Bertz CT molecular complexity index is 588. The molecule has 1 aromatic heterocycles. The molecule has 2 heterocycles. The lowest BCUT2D eigenvalue weighted by atomic mass is 10.4. The van der Waals surface area contributed by atoms with E-state index in [1.807, 2.05) is 0 Å². The molecular weight excluding hydrogens is 288 g/mol. The molecule has 0 aromatic carbocycles. The molecule has 0 amide bonds. The second-order valence-corrected chi connectivity index (χ2v) is 6.91. The Balaban J connectivity index is 0.00000133. The minimum Gasteiger partial charge on any atom is -0.316 e. The van der Waals surface area contributed by atoms with E-state index in [1.54, 1.807) is 25.6 Å². The first-order chi connectivity index (χ1) is 8.42. The molecule has 1 aliphatic carbocycles. The van der Waals surface area contributed by atoms with Crippen molar-refractivity contribution in [3.05, 3.63) is 11.4 Å². The van der Waals surface area contributed by atoms with Gasteiger partial charge in [-0.2, -0.15) is 5.10 Å². The van der Waals surface area contributed by atoms with Crippen molar-refractivity contribution in [2.24, 2.45) is 18.9 Å². The topological polar surface area (TPSA) is 76.0 Å². The van der Waals surface area contributed by atoms with Gasteiger partial charge in [-0.3, -0.25) is 4.68 Å². The fourth-order valence-electron chi connectivity index (χ4n) is 2.97. The van der Waals surface area contributed by atoms with Crippen molar-refractivity contribution in [1.29, 1.82) is 0 Å². The maximum atomic E-state index is 12.4. The Morgan fingerprint density at radius 1 is 1.32 bits per heavy atom. The molecule has 108 valence electrons. The van der Waals surface area contributed by atoms with E-state index < -0.39 is 10.0 Å². The quantitative estimate of drug-likeness (QED) is 0.821. The number of piperidine rings is 1. The SMILES string of the molecule is Cc1nn(C)c(C)c1S(=O)(=O)NC1C2CNCC21.Cl. The van der Waals surface area contributed by atoms with E-state index in [1.165, 1.54) is 0 Å². The summed E-state index contributed by atoms with van der Waals surface area (Å²) in [5.74, 6) is 0.939. The molecule has 1 saturated heterocycles. The third-order valence-electron chi connectivity index (χ3n) is 4.09. The summed E-state index contributed by atoms with van der Waals surface area (Å²) in [6.45, 7) is 5.35. The normalized spacial score (nSPS) is 28.9. The second-order valence-electron chi connectivity index (χ2n) is 5.26. The Morgan fingerprint density at radius 2 is 1.89 bits per heavy atom. The van der Waals surface area contributed by atoms with Crippen LogP contribution >= 0.6 is 12.4 Å². The summed E-state index contributed by atoms with van der Waals surface area (Å²) in [7, 11) is -1.68. The van der Waals surface area contributed by atoms with Crippen LogP contribution in [0.25, 0.3) is 0 Å². The number of nitrogens with one attached hydrogen (secondary N) is 2. The van der Waals surface area contributed by atoms with Gasteiger partial charge < -0.3 is 5.32 Å². The van der Waals surface area contributed by atoms with Gasteiger partial charge >= 0.3 is 0 Å². The van der Waals surface area contributed by atoms with Crippen LogP contribution in [0, 0.1) is 25.7 Å². The first-order valence-electron chi connectivity index (χ1n) is 6.15. The van der Waals surface area contributed by atoms with Gasteiger partial charge in [-0.25, -0.2) is 13.1 Å². The molecule has 0 bridgehead atoms. The maximum Gasteiger partial charge on any atom is 0.244 e. The fourth-order valence-corrected chi connectivity index (χ4v) is 4.75. The largest absolute Gasteiger partial charge is 0.316 e. The smallest absolute Gasteiger partial charge is 0.244 e.